The van der Waals surface area contributed by atoms with Crippen LogP contribution in [0.25, 0.3) is 0 Å². The van der Waals surface area contributed by atoms with Gasteiger partial charge in [-0.15, -0.1) is 0 Å². The third kappa shape index (κ3) is 6.02. The van der Waals surface area contributed by atoms with Gasteiger partial charge in [0.2, 0.25) is 5.91 Å². The Morgan fingerprint density at radius 1 is 0.963 bits per heavy atom. The molecule has 0 aromatic heterocycles. The predicted octanol–water partition coefficient (Wildman–Crippen LogP) is 3.62. The molecule has 0 radical (unpaired) electrons. The molecule has 0 spiro atoms. The number of anilines is 2. The largest absolute Gasteiger partial charge is 0.494 e. The van der Waals surface area contributed by atoms with E-state index in [9.17, 15) is 9.59 Å². The molecule has 0 aliphatic heterocycles. The Morgan fingerprint density at radius 3 is 2.37 bits per heavy atom. The maximum absolute atomic E-state index is 12.4. The van der Waals surface area contributed by atoms with Crippen molar-refractivity contribution in [1.82, 2.24) is 4.90 Å². The molecule has 0 unspecified atom stereocenters. The number of ether oxygens (including phenoxy) is 1. The zero-order chi connectivity index (χ0) is 19.6. The number of hydrogen-bond donors (Lipinski definition) is 2. The van der Waals surface area contributed by atoms with Gasteiger partial charge in [-0.3, -0.25) is 9.59 Å². The van der Waals surface area contributed by atoms with Crippen molar-refractivity contribution < 1.29 is 14.3 Å². The highest BCUT2D eigenvalue weighted by atomic mass is 16.5. The highest BCUT2D eigenvalue weighted by molar-refractivity contribution is 5.96. The van der Waals surface area contributed by atoms with E-state index in [1.54, 1.807) is 23.1 Å². The van der Waals surface area contributed by atoms with Crippen molar-refractivity contribution in [1.29, 1.82) is 0 Å². The van der Waals surface area contributed by atoms with Crippen LogP contribution in [0.5, 0.6) is 5.75 Å². The number of carbonyl (C=O) groups is 2. The van der Waals surface area contributed by atoms with E-state index in [1.807, 2.05) is 51.1 Å². The summed E-state index contributed by atoms with van der Waals surface area (Å²) in [5.74, 6) is 0.524. The number of rotatable bonds is 9. The highest BCUT2D eigenvalue weighted by Crippen LogP contribution is 2.17. The molecule has 2 amide bonds. The summed E-state index contributed by atoms with van der Waals surface area (Å²) in [5.41, 5.74) is 2.01. The zero-order valence-electron chi connectivity index (χ0n) is 16.1. The Morgan fingerprint density at radius 2 is 1.67 bits per heavy atom. The minimum absolute atomic E-state index is 0.0131. The highest BCUT2D eigenvalue weighted by Gasteiger charge is 2.12. The summed E-state index contributed by atoms with van der Waals surface area (Å²) >= 11 is 0. The number of carbonyl (C=O) groups excluding carboxylic acids is 2. The molecule has 0 bridgehead atoms. The van der Waals surface area contributed by atoms with Crippen molar-refractivity contribution in [2.75, 3.05) is 36.9 Å². The van der Waals surface area contributed by atoms with Crippen LogP contribution < -0.4 is 15.4 Å². The quantitative estimate of drug-likeness (QED) is 0.708. The second-order valence-corrected chi connectivity index (χ2v) is 5.92. The van der Waals surface area contributed by atoms with Crippen molar-refractivity contribution in [3.05, 3.63) is 54.1 Å². The lowest BCUT2D eigenvalue weighted by Crippen LogP contribution is -2.30. The lowest BCUT2D eigenvalue weighted by molar-refractivity contribution is -0.114. The smallest absolute Gasteiger partial charge is 0.253 e. The third-order valence-corrected chi connectivity index (χ3v) is 4.04. The Balaban J connectivity index is 1.94. The topological polar surface area (TPSA) is 70.7 Å². The SMILES string of the molecule is CCOc1cccc(NC(=O)CNc2cccc(C(=O)N(CC)CC)c2)c1. The molecule has 27 heavy (non-hydrogen) atoms. The Labute approximate surface area is 160 Å². The van der Waals surface area contributed by atoms with E-state index in [0.717, 1.165) is 5.69 Å². The van der Waals surface area contributed by atoms with Crippen LogP contribution in [-0.2, 0) is 4.79 Å². The third-order valence-electron chi connectivity index (χ3n) is 4.04. The van der Waals surface area contributed by atoms with Crippen LogP contribution in [0.3, 0.4) is 0 Å². The first-order valence-electron chi connectivity index (χ1n) is 9.23. The van der Waals surface area contributed by atoms with Crippen LogP contribution in [0.2, 0.25) is 0 Å². The minimum atomic E-state index is -0.177. The van der Waals surface area contributed by atoms with Crippen LogP contribution in [0.15, 0.2) is 48.5 Å². The van der Waals surface area contributed by atoms with Crippen molar-refractivity contribution in [3.8, 4) is 5.75 Å². The Kier molecular flexibility index (Phi) is 7.67. The zero-order valence-corrected chi connectivity index (χ0v) is 16.1. The first-order chi connectivity index (χ1) is 13.1. The van der Waals surface area contributed by atoms with Gasteiger partial charge in [0.25, 0.3) is 5.91 Å². The molecule has 144 valence electrons. The second kappa shape index (κ2) is 10.2. The number of benzene rings is 2. The molecule has 0 heterocycles. The summed E-state index contributed by atoms with van der Waals surface area (Å²) in [6.45, 7) is 7.81. The molecule has 0 saturated heterocycles. The number of nitrogens with zero attached hydrogens (tertiary/aromatic N) is 1. The predicted molar refractivity (Wildman–Crippen MR) is 108 cm³/mol. The van der Waals surface area contributed by atoms with E-state index < -0.39 is 0 Å². The van der Waals surface area contributed by atoms with Crippen LogP contribution in [0.1, 0.15) is 31.1 Å². The molecule has 6 heteroatoms. The van der Waals surface area contributed by atoms with Crippen molar-refractivity contribution in [3.63, 3.8) is 0 Å². The van der Waals surface area contributed by atoms with E-state index in [0.29, 0.717) is 36.7 Å². The van der Waals surface area contributed by atoms with Crippen LogP contribution in [0.4, 0.5) is 11.4 Å². The standard InChI is InChI=1S/C21H27N3O3/c1-4-24(5-2)21(26)16-9-7-10-17(13-16)22-15-20(25)23-18-11-8-12-19(14-18)27-6-3/h7-14,22H,4-6,15H2,1-3H3,(H,23,25). The molecule has 2 rings (SSSR count). The fourth-order valence-electron chi connectivity index (χ4n) is 2.67. The van der Waals surface area contributed by atoms with E-state index in [2.05, 4.69) is 10.6 Å². The van der Waals surface area contributed by atoms with Crippen molar-refractivity contribution in [2.45, 2.75) is 20.8 Å². The van der Waals surface area contributed by atoms with Gasteiger partial charge in [-0.25, -0.2) is 0 Å². The van der Waals surface area contributed by atoms with Gasteiger partial charge in [-0.1, -0.05) is 12.1 Å². The Hall–Kier alpha value is -3.02. The van der Waals surface area contributed by atoms with Gasteiger partial charge in [0.1, 0.15) is 5.75 Å². The first-order valence-corrected chi connectivity index (χ1v) is 9.23. The monoisotopic (exact) mass is 369 g/mol. The van der Waals surface area contributed by atoms with Crippen LogP contribution in [0, 0.1) is 0 Å². The fraction of sp³-hybridized carbons (Fsp3) is 0.333. The second-order valence-electron chi connectivity index (χ2n) is 5.92. The van der Waals surface area contributed by atoms with Crippen LogP contribution in [-0.4, -0.2) is 43.0 Å². The molecule has 0 fully saturated rings. The number of hydrogen-bond acceptors (Lipinski definition) is 4. The summed E-state index contributed by atoms with van der Waals surface area (Å²) in [4.78, 5) is 26.4. The molecule has 2 aromatic carbocycles. The van der Waals surface area contributed by atoms with Gasteiger partial charge in [0.05, 0.1) is 13.2 Å². The Bertz CT molecular complexity index is 773. The summed E-state index contributed by atoms with van der Waals surface area (Å²) < 4.78 is 5.43. The van der Waals surface area contributed by atoms with Gasteiger partial charge < -0.3 is 20.3 Å². The molecule has 2 N–H and O–H groups in total. The summed E-state index contributed by atoms with van der Waals surface area (Å²) in [6.07, 6.45) is 0. The van der Waals surface area contributed by atoms with E-state index in [1.165, 1.54) is 0 Å². The molecule has 2 aromatic rings. The first kappa shape index (κ1) is 20.3. The molecule has 0 saturated carbocycles. The number of amides is 2. The average molecular weight is 369 g/mol. The molecule has 6 nitrogen and oxygen atoms in total. The van der Waals surface area contributed by atoms with E-state index in [4.69, 9.17) is 4.74 Å². The maximum atomic E-state index is 12.4. The van der Waals surface area contributed by atoms with Gasteiger partial charge >= 0.3 is 0 Å². The fourth-order valence-corrected chi connectivity index (χ4v) is 2.67. The van der Waals surface area contributed by atoms with Gasteiger partial charge in [-0.05, 0) is 51.1 Å². The van der Waals surface area contributed by atoms with Gasteiger partial charge in [0, 0.05) is 36.1 Å². The van der Waals surface area contributed by atoms with Gasteiger partial charge in [0.15, 0.2) is 0 Å². The van der Waals surface area contributed by atoms with Crippen LogP contribution >= 0.6 is 0 Å². The summed E-state index contributed by atoms with van der Waals surface area (Å²) in [6, 6.07) is 14.5. The van der Waals surface area contributed by atoms with E-state index in [-0.39, 0.29) is 18.4 Å². The van der Waals surface area contributed by atoms with E-state index >= 15 is 0 Å². The molecular formula is C21H27N3O3. The summed E-state index contributed by atoms with van der Waals surface area (Å²) in [5, 5.41) is 5.89. The van der Waals surface area contributed by atoms with Crippen molar-refractivity contribution >= 4 is 23.2 Å². The lowest BCUT2D eigenvalue weighted by atomic mass is 10.1. The molecule has 0 aliphatic carbocycles. The molecular weight excluding hydrogens is 342 g/mol. The maximum Gasteiger partial charge on any atom is 0.253 e. The number of nitrogens with one attached hydrogen (secondary N) is 2. The minimum Gasteiger partial charge on any atom is -0.494 e. The molecule has 0 aliphatic rings. The van der Waals surface area contributed by atoms with Gasteiger partial charge in [-0.2, -0.15) is 0 Å². The average Bonchev–Trinajstić information content (AvgIpc) is 2.68. The summed E-state index contributed by atoms with van der Waals surface area (Å²) in [7, 11) is 0. The molecule has 0 atom stereocenters. The van der Waals surface area contributed by atoms with Crippen molar-refractivity contribution in [2.24, 2.45) is 0 Å². The normalized spacial score (nSPS) is 10.2. The lowest BCUT2D eigenvalue weighted by Gasteiger charge is -2.19.